The molecule has 1 fully saturated rings. The molecule has 2 aliphatic heterocycles. The van der Waals surface area contributed by atoms with Crippen molar-refractivity contribution in [3.05, 3.63) is 65.6 Å². The van der Waals surface area contributed by atoms with Crippen molar-refractivity contribution in [2.75, 3.05) is 34.8 Å². The van der Waals surface area contributed by atoms with Gasteiger partial charge in [0.05, 0.1) is 12.8 Å². The average molecular weight is 463 g/mol. The van der Waals surface area contributed by atoms with E-state index in [1.54, 1.807) is 6.26 Å². The molecule has 5 rings (SSSR count). The van der Waals surface area contributed by atoms with Crippen LogP contribution in [0.4, 0.5) is 17.6 Å². The first-order valence-corrected chi connectivity index (χ1v) is 12.1. The second kappa shape index (κ2) is 9.79. The van der Waals surface area contributed by atoms with E-state index in [-0.39, 0.29) is 0 Å². The normalized spacial score (nSPS) is 16.4. The summed E-state index contributed by atoms with van der Waals surface area (Å²) < 4.78 is 5.37. The van der Waals surface area contributed by atoms with Gasteiger partial charge in [0.15, 0.2) is 5.11 Å². The molecule has 8 heteroatoms. The van der Waals surface area contributed by atoms with Crippen LogP contribution >= 0.6 is 12.2 Å². The second-order valence-electron chi connectivity index (χ2n) is 8.90. The molecule has 0 atom stereocenters. The Balaban J connectivity index is 1.36. The van der Waals surface area contributed by atoms with E-state index in [1.165, 1.54) is 24.0 Å². The van der Waals surface area contributed by atoms with E-state index in [2.05, 4.69) is 57.7 Å². The van der Waals surface area contributed by atoms with Crippen molar-refractivity contribution in [1.29, 1.82) is 0 Å². The summed E-state index contributed by atoms with van der Waals surface area (Å²) in [6, 6.07) is 14.6. The Morgan fingerprint density at radius 3 is 2.55 bits per heavy atom. The first-order chi connectivity index (χ1) is 16.1. The van der Waals surface area contributed by atoms with E-state index in [4.69, 9.17) is 26.6 Å². The highest BCUT2D eigenvalue weighted by Gasteiger charge is 2.22. The number of hydrogen-bond donors (Lipinski definition) is 2. The van der Waals surface area contributed by atoms with Crippen LogP contribution in [0.3, 0.4) is 0 Å². The highest BCUT2D eigenvalue weighted by molar-refractivity contribution is 7.80. The smallest absolute Gasteiger partial charge is 0.232 e. The summed E-state index contributed by atoms with van der Waals surface area (Å²) in [6.45, 7) is 6.65. The summed E-state index contributed by atoms with van der Waals surface area (Å²) in [5.74, 6) is 4.00. The Morgan fingerprint density at radius 1 is 1.03 bits per heavy atom. The summed E-state index contributed by atoms with van der Waals surface area (Å²) in [5, 5.41) is 6.84. The number of nitrogens with one attached hydrogen (secondary N) is 2. The molecule has 2 aromatic heterocycles. The predicted octanol–water partition coefficient (Wildman–Crippen LogP) is 4.36. The zero-order valence-corrected chi connectivity index (χ0v) is 19.8. The maximum absolute atomic E-state index is 5.51. The monoisotopic (exact) mass is 462 g/mol. The van der Waals surface area contributed by atoms with Gasteiger partial charge in [-0.3, -0.25) is 0 Å². The first-order valence-electron chi connectivity index (χ1n) is 11.7. The van der Waals surface area contributed by atoms with Crippen molar-refractivity contribution in [1.82, 2.24) is 15.3 Å². The Bertz CT molecular complexity index is 1090. The number of nitrogens with zero attached hydrogens (tertiary/aromatic N) is 4. The van der Waals surface area contributed by atoms with Crippen molar-refractivity contribution in [3.8, 4) is 0 Å². The maximum Gasteiger partial charge on any atom is 0.232 e. The number of rotatable bonds is 5. The summed E-state index contributed by atoms with van der Waals surface area (Å²) >= 11 is 5.51. The van der Waals surface area contributed by atoms with Crippen LogP contribution in [0.15, 0.2) is 53.1 Å². The van der Waals surface area contributed by atoms with Crippen molar-refractivity contribution in [3.63, 3.8) is 0 Å². The van der Waals surface area contributed by atoms with Gasteiger partial charge in [0.2, 0.25) is 5.95 Å². The minimum atomic E-state index is 0.478. The molecule has 2 aliphatic rings. The van der Waals surface area contributed by atoms with Gasteiger partial charge in [-0.15, -0.1) is 0 Å². The average Bonchev–Trinajstić information content (AvgIpc) is 3.36. The van der Waals surface area contributed by atoms with Gasteiger partial charge in [-0.1, -0.05) is 31.2 Å². The minimum Gasteiger partial charge on any atom is -0.467 e. The Labute approximate surface area is 200 Å². The highest BCUT2D eigenvalue weighted by Crippen LogP contribution is 2.29. The topological polar surface area (TPSA) is 69.5 Å². The van der Waals surface area contributed by atoms with E-state index >= 15 is 0 Å². The number of piperidine rings is 1. The number of furan rings is 1. The molecule has 0 radical (unpaired) electrons. The van der Waals surface area contributed by atoms with Crippen molar-refractivity contribution >= 4 is 34.9 Å². The predicted molar refractivity (Wildman–Crippen MR) is 136 cm³/mol. The minimum absolute atomic E-state index is 0.478. The fraction of sp³-hybridized carbons (Fsp3) is 0.400. The lowest BCUT2D eigenvalue weighted by Gasteiger charge is -2.33. The summed E-state index contributed by atoms with van der Waals surface area (Å²) in [4.78, 5) is 14.4. The molecule has 0 saturated carbocycles. The molecule has 3 aromatic rings. The van der Waals surface area contributed by atoms with E-state index in [0.29, 0.717) is 17.6 Å². The number of aromatic nitrogens is 2. The zero-order valence-electron chi connectivity index (χ0n) is 19.0. The second-order valence-corrected chi connectivity index (χ2v) is 9.31. The van der Waals surface area contributed by atoms with Gasteiger partial charge < -0.3 is 24.9 Å². The molecular formula is C25H30N6OS. The van der Waals surface area contributed by atoms with Crippen LogP contribution in [0, 0.1) is 5.92 Å². The molecule has 2 N–H and O–H groups in total. The molecule has 4 heterocycles. The first kappa shape index (κ1) is 21.7. The number of thiocarbonyl (C=S) groups is 1. The largest absolute Gasteiger partial charge is 0.467 e. The summed E-state index contributed by atoms with van der Waals surface area (Å²) in [5.41, 5.74) is 2.79. The number of anilines is 3. The Hall–Kier alpha value is -3.13. The van der Waals surface area contributed by atoms with Crippen LogP contribution < -0.4 is 20.4 Å². The van der Waals surface area contributed by atoms with Gasteiger partial charge in [0.25, 0.3) is 0 Å². The molecule has 0 aliphatic carbocycles. The zero-order chi connectivity index (χ0) is 22.6. The lowest BCUT2D eigenvalue weighted by atomic mass is 9.99. The molecule has 0 unspecified atom stereocenters. The third-order valence-corrected chi connectivity index (χ3v) is 6.74. The van der Waals surface area contributed by atoms with Gasteiger partial charge in [0.1, 0.15) is 17.4 Å². The van der Waals surface area contributed by atoms with Gasteiger partial charge >= 0.3 is 0 Å². The maximum atomic E-state index is 5.51. The van der Waals surface area contributed by atoms with Crippen molar-refractivity contribution in [2.45, 2.75) is 39.3 Å². The number of hydrogen-bond acceptors (Lipinski definition) is 6. The fourth-order valence-corrected chi connectivity index (χ4v) is 4.62. The fourth-order valence-electron chi connectivity index (χ4n) is 4.46. The van der Waals surface area contributed by atoms with Crippen LogP contribution in [0.5, 0.6) is 0 Å². The molecular weight excluding hydrogens is 432 g/mol. The van der Waals surface area contributed by atoms with Crippen molar-refractivity contribution < 1.29 is 4.42 Å². The van der Waals surface area contributed by atoms with E-state index < -0.39 is 0 Å². The molecule has 172 valence electrons. The summed E-state index contributed by atoms with van der Waals surface area (Å²) in [7, 11) is 0. The molecule has 33 heavy (non-hydrogen) atoms. The molecule has 7 nitrogen and oxygen atoms in total. The van der Waals surface area contributed by atoms with Crippen LogP contribution in [0.2, 0.25) is 0 Å². The number of benzene rings is 1. The highest BCUT2D eigenvalue weighted by atomic mass is 32.1. The van der Waals surface area contributed by atoms with Gasteiger partial charge in [-0.05, 0) is 60.7 Å². The SMILES string of the molecule is CC1CCN(c2cc(N3CCc4ccccc4C3)nc(NC(=S)NCc3ccco3)n2)CC1. The Morgan fingerprint density at radius 2 is 1.79 bits per heavy atom. The molecule has 1 saturated heterocycles. The third kappa shape index (κ3) is 5.27. The van der Waals surface area contributed by atoms with Gasteiger partial charge in [-0.2, -0.15) is 9.97 Å². The molecule has 0 spiro atoms. The van der Waals surface area contributed by atoms with E-state index in [1.807, 2.05) is 12.1 Å². The number of fused-ring (bicyclic) bond motifs is 1. The lowest BCUT2D eigenvalue weighted by molar-refractivity contribution is 0.436. The van der Waals surface area contributed by atoms with Gasteiger partial charge in [-0.25, -0.2) is 0 Å². The summed E-state index contributed by atoms with van der Waals surface area (Å²) in [6.07, 6.45) is 5.04. The van der Waals surface area contributed by atoms with E-state index in [9.17, 15) is 0 Å². The standard InChI is InChI=1S/C25H30N6OS/c1-18-8-11-30(12-9-18)22-15-23(31-13-10-19-5-2-3-6-20(19)17-31)28-24(27-22)29-25(33)26-16-21-7-4-14-32-21/h2-7,14-15,18H,8-13,16-17H2,1H3,(H2,26,27,28,29,33). The lowest BCUT2D eigenvalue weighted by Crippen LogP contribution is -2.35. The van der Waals surface area contributed by atoms with Gasteiger partial charge in [0, 0.05) is 32.2 Å². The van der Waals surface area contributed by atoms with Crippen molar-refractivity contribution in [2.24, 2.45) is 5.92 Å². The molecule has 1 aromatic carbocycles. The van der Waals surface area contributed by atoms with Crippen LogP contribution in [0.25, 0.3) is 0 Å². The molecule has 0 bridgehead atoms. The third-order valence-electron chi connectivity index (χ3n) is 6.49. The van der Waals surface area contributed by atoms with Crippen LogP contribution in [-0.4, -0.2) is 34.7 Å². The quantitative estimate of drug-likeness (QED) is 0.542. The van der Waals surface area contributed by atoms with Crippen LogP contribution in [0.1, 0.15) is 36.7 Å². The molecule has 0 amide bonds. The Kier molecular flexibility index (Phi) is 6.44. The van der Waals surface area contributed by atoms with E-state index in [0.717, 1.165) is 55.9 Å². The van der Waals surface area contributed by atoms with Crippen LogP contribution in [-0.2, 0) is 19.5 Å².